The molecule has 0 heterocycles. The van der Waals surface area contributed by atoms with E-state index in [1.807, 2.05) is 19.1 Å². The zero-order chi connectivity index (χ0) is 14.5. The number of halogens is 1. The third kappa shape index (κ3) is 3.57. The third-order valence-corrected chi connectivity index (χ3v) is 3.04. The molecule has 0 radical (unpaired) electrons. The quantitative estimate of drug-likeness (QED) is 0.841. The Kier molecular flexibility index (Phi) is 4.35. The molecule has 2 aromatic carbocycles. The van der Waals surface area contributed by atoms with Gasteiger partial charge < -0.3 is 11.1 Å². The number of benzene rings is 2. The highest BCUT2D eigenvalue weighted by Gasteiger charge is 2.09. The lowest BCUT2D eigenvalue weighted by Crippen LogP contribution is -2.26. The highest BCUT2D eigenvalue weighted by molar-refractivity contribution is 5.99. The van der Waals surface area contributed by atoms with Crippen molar-refractivity contribution in [3.05, 3.63) is 65.0 Å². The monoisotopic (exact) mass is 272 g/mol. The zero-order valence-electron chi connectivity index (χ0n) is 11.3. The molecule has 0 unspecified atom stereocenters. The Hall–Kier alpha value is -2.36. The second-order valence-corrected chi connectivity index (χ2v) is 4.73. The Bertz CT molecular complexity index is 626. The molecule has 0 atom stereocenters. The number of carbonyl (C=O) groups excluding carboxylic acids is 1. The molecule has 0 aliphatic heterocycles. The summed E-state index contributed by atoms with van der Waals surface area (Å²) in [6.45, 7) is 2.35. The number of anilines is 1. The van der Waals surface area contributed by atoms with Gasteiger partial charge in [-0.25, -0.2) is 4.39 Å². The van der Waals surface area contributed by atoms with E-state index in [0.29, 0.717) is 24.2 Å². The van der Waals surface area contributed by atoms with E-state index in [1.54, 1.807) is 18.2 Å². The van der Waals surface area contributed by atoms with Gasteiger partial charge >= 0.3 is 0 Å². The van der Waals surface area contributed by atoms with Crippen LogP contribution in [-0.4, -0.2) is 12.5 Å². The fourth-order valence-electron chi connectivity index (χ4n) is 1.97. The SMILES string of the molecule is Cc1ccc(N)c(C(=O)NCCc2cccc(F)c2)c1. The molecule has 0 spiro atoms. The third-order valence-electron chi connectivity index (χ3n) is 3.04. The van der Waals surface area contributed by atoms with Gasteiger partial charge in [0.25, 0.3) is 5.91 Å². The molecule has 0 aliphatic carbocycles. The lowest BCUT2D eigenvalue weighted by atomic mass is 10.1. The molecule has 3 N–H and O–H groups in total. The maximum Gasteiger partial charge on any atom is 0.253 e. The first-order chi connectivity index (χ1) is 9.56. The molecule has 0 aliphatic rings. The van der Waals surface area contributed by atoms with E-state index >= 15 is 0 Å². The Morgan fingerprint density at radius 1 is 1.25 bits per heavy atom. The molecule has 1 amide bonds. The molecule has 2 rings (SSSR count). The van der Waals surface area contributed by atoms with Crippen molar-refractivity contribution in [1.82, 2.24) is 5.32 Å². The second-order valence-electron chi connectivity index (χ2n) is 4.73. The normalized spacial score (nSPS) is 10.3. The Morgan fingerprint density at radius 2 is 2.05 bits per heavy atom. The van der Waals surface area contributed by atoms with Gasteiger partial charge in [0.15, 0.2) is 0 Å². The van der Waals surface area contributed by atoms with Crippen LogP contribution in [0.4, 0.5) is 10.1 Å². The number of nitrogens with two attached hydrogens (primary N) is 1. The van der Waals surface area contributed by atoms with Crippen molar-refractivity contribution in [3.8, 4) is 0 Å². The van der Waals surface area contributed by atoms with Gasteiger partial charge in [0.2, 0.25) is 0 Å². The lowest BCUT2D eigenvalue weighted by molar-refractivity contribution is 0.0955. The fraction of sp³-hybridized carbons (Fsp3) is 0.188. The number of carbonyl (C=O) groups is 1. The van der Waals surface area contributed by atoms with Gasteiger partial charge in [-0.15, -0.1) is 0 Å². The van der Waals surface area contributed by atoms with Crippen LogP contribution < -0.4 is 11.1 Å². The Balaban J connectivity index is 1.94. The lowest BCUT2D eigenvalue weighted by Gasteiger charge is -2.08. The number of hydrogen-bond acceptors (Lipinski definition) is 2. The zero-order valence-corrected chi connectivity index (χ0v) is 11.3. The van der Waals surface area contributed by atoms with E-state index in [-0.39, 0.29) is 11.7 Å². The van der Waals surface area contributed by atoms with Gasteiger partial charge in [-0.2, -0.15) is 0 Å². The van der Waals surface area contributed by atoms with Crippen molar-refractivity contribution in [2.24, 2.45) is 0 Å². The fourth-order valence-corrected chi connectivity index (χ4v) is 1.97. The van der Waals surface area contributed by atoms with Crippen molar-refractivity contribution < 1.29 is 9.18 Å². The summed E-state index contributed by atoms with van der Waals surface area (Å²) in [5, 5.41) is 2.79. The minimum Gasteiger partial charge on any atom is -0.398 e. The van der Waals surface area contributed by atoms with Crippen LogP contribution in [0.2, 0.25) is 0 Å². The van der Waals surface area contributed by atoms with Crippen LogP contribution in [-0.2, 0) is 6.42 Å². The smallest absolute Gasteiger partial charge is 0.253 e. The van der Waals surface area contributed by atoms with Crippen LogP contribution in [0.5, 0.6) is 0 Å². The van der Waals surface area contributed by atoms with Crippen LogP contribution in [0, 0.1) is 12.7 Å². The van der Waals surface area contributed by atoms with Gasteiger partial charge in [0.05, 0.1) is 5.56 Å². The van der Waals surface area contributed by atoms with E-state index in [1.165, 1.54) is 12.1 Å². The highest BCUT2D eigenvalue weighted by atomic mass is 19.1. The van der Waals surface area contributed by atoms with E-state index in [9.17, 15) is 9.18 Å². The number of rotatable bonds is 4. The number of amides is 1. The van der Waals surface area contributed by atoms with E-state index < -0.39 is 0 Å². The predicted octanol–water partition coefficient (Wildman–Crippen LogP) is 2.69. The molecular weight excluding hydrogens is 255 g/mol. The molecule has 0 saturated heterocycles. The maximum atomic E-state index is 13.0. The molecule has 0 fully saturated rings. The van der Waals surface area contributed by atoms with Crippen molar-refractivity contribution >= 4 is 11.6 Å². The summed E-state index contributed by atoms with van der Waals surface area (Å²) >= 11 is 0. The first kappa shape index (κ1) is 14.1. The van der Waals surface area contributed by atoms with E-state index in [4.69, 9.17) is 5.73 Å². The Morgan fingerprint density at radius 3 is 2.80 bits per heavy atom. The van der Waals surface area contributed by atoms with Crippen molar-refractivity contribution in [2.75, 3.05) is 12.3 Å². The van der Waals surface area contributed by atoms with Gasteiger partial charge in [-0.1, -0.05) is 23.8 Å². The summed E-state index contributed by atoms with van der Waals surface area (Å²) in [5.74, 6) is -0.473. The molecule has 3 nitrogen and oxygen atoms in total. The summed E-state index contributed by atoms with van der Waals surface area (Å²) < 4.78 is 13.0. The summed E-state index contributed by atoms with van der Waals surface area (Å²) in [6.07, 6.45) is 0.579. The first-order valence-electron chi connectivity index (χ1n) is 6.45. The minimum absolute atomic E-state index is 0.206. The second kappa shape index (κ2) is 6.19. The minimum atomic E-state index is -0.267. The standard InChI is InChI=1S/C16H17FN2O/c1-11-5-6-15(18)14(9-11)16(20)19-8-7-12-3-2-4-13(17)10-12/h2-6,9-10H,7-8,18H2,1H3,(H,19,20). The van der Waals surface area contributed by atoms with Crippen LogP contribution in [0.15, 0.2) is 42.5 Å². The highest BCUT2D eigenvalue weighted by Crippen LogP contribution is 2.13. The predicted molar refractivity (Wildman–Crippen MR) is 78.0 cm³/mol. The molecule has 104 valence electrons. The number of hydrogen-bond donors (Lipinski definition) is 2. The number of aryl methyl sites for hydroxylation is 1. The summed E-state index contributed by atoms with van der Waals surface area (Å²) in [5.41, 5.74) is 8.55. The molecule has 0 aromatic heterocycles. The summed E-state index contributed by atoms with van der Waals surface area (Å²) in [7, 11) is 0. The number of nitrogen functional groups attached to an aromatic ring is 1. The number of nitrogens with one attached hydrogen (secondary N) is 1. The summed E-state index contributed by atoms with van der Waals surface area (Å²) in [4.78, 5) is 12.0. The van der Waals surface area contributed by atoms with E-state index in [2.05, 4.69) is 5.32 Å². The van der Waals surface area contributed by atoms with Crippen LogP contribution in [0.1, 0.15) is 21.5 Å². The van der Waals surface area contributed by atoms with Crippen LogP contribution in [0.3, 0.4) is 0 Å². The largest absolute Gasteiger partial charge is 0.398 e. The first-order valence-corrected chi connectivity index (χ1v) is 6.45. The van der Waals surface area contributed by atoms with Crippen LogP contribution in [0.25, 0.3) is 0 Å². The molecule has 0 bridgehead atoms. The van der Waals surface area contributed by atoms with Gasteiger partial charge in [0.1, 0.15) is 5.82 Å². The van der Waals surface area contributed by atoms with Gasteiger partial charge in [0, 0.05) is 12.2 Å². The topological polar surface area (TPSA) is 55.1 Å². The van der Waals surface area contributed by atoms with Crippen LogP contribution >= 0.6 is 0 Å². The van der Waals surface area contributed by atoms with Gasteiger partial charge in [-0.05, 0) is 43.2 Å². The average molecular weight is 272 g/mol. The van der Waals surface area contributed by atoms with Gasteiger partial charge in [-0.3, -0.25) is 4.79 Å². The van der Waals surface area contributed by atoms with Crippen molar-refractivity contribution in [1.29, 1.82) is 0 Å². The summed E-state index contributed by atoms with van der Waals surface area (Å²) in [6, 6.07) is 11.7. The molecule has 20 heavy (non-hydrogen) atoms. The van der Waals surface area contributed by atoms with E-state index in [0.717, 1.165) is 11.1 Å². The molecular formula is C16H17FN2O. The van der Waals surface area contributed by atoms with Crippen molar-refractivity contribution in [2.45, 2.75) is 13.3 Å². The van der Waals surface area contributed by atoms with Crippen molar-refractivity contribution in [3.63, 3.8) is 0 Å². The Labute approximate surface area is 117 Å². The average Bonchev–Trinajstić information content (AvgIpc) is 2.41. The molecule has 2 aromatic rings. The molecule has 0 saturated carbocycles. The maximum absolute atomic E-state index is 13.0. The molecule has 4 heteroatoms.